The lowest BCUT2D eigenvalue weighted by atomic mass is 10.1. The highest BCUT2D eigenvalue weighted by Gasteiger charge is 2.30. The van der Waals surface area contributed by atoms with Gasteiger partial charge in [0, 0.05) is 10.9 Å². The number of halogens is 3. The number of carbonyl (C=O) groups excluding carboxylic acids is 1. The number of aryl methyl sites for hydroxylation is 2. The van der Waals surface area contributed by atoms with Gasteiger partial charge in [0.1, 0.15) is 12.7 Å². The van der Waals surface area contributed by atoms with Gasteiger partial charge in [-0.05, 0) is 38.0 Å². The quantitative estimate of drug-likeness (QED) is 0.865. The Kier molecular flexibility index (Phi) is 5.61. The zero-order valence-electron chi connectivity index (χ0n) is 13.4. The number of nitrogens with zero attached hydrogens (tertiary/aromatic N) is 1. The van der Waals surface area contributed by atoms with Crippen LogP contribution in [-0.2, 0) is 9.53 Å². The molecule has 0 aliphatic carbocycles. The maximum atomic E-state index is 12.1. The van der Waals surface area contributed by atoms with Crippen molar-refractivity contribution in [3.8, 4) is 11.3 Å². The number of aromatic nitrogens is 1. The number of hydrogen-bond donors (Lipinski definition) is 1. The normalized spacial score (nSPS) is 12.9. The highest BCUT2D eigenvalue weighted by Crippen LogP contribution is 2.26. The highest BCUT2D eigenvalue weighted by atomic mass is 32.1. The fraction of sp³-hybridized carbons (Fsp3) is 0.375. The number of hydrogen-bond acceptors (Lipinski definition) is 4. The molecule has 2 rings (SSSR count). The molecule has 0 aliphatic rings. The number of amides is 1. The summed E-state index contributed by atoms with van der Waals surface area (Å²) in [6.45, 7) is 3.80. The molecule has 1 atom stereocenters. The van der Waals surface area contributed by atoms with Crippen LogP contribution in [0.3, 0.4) is 0 Å². The van der Waals surface area contributed by atoms with Gasteiger partial charge in [0.2, 0.25) is 0 Å². The van der Waals surface area contributed by atoms with E-state index in [9.17, 15) is 18.0 Å². The molecule has 1 aromatic heterocycles. The molecule has 1 amide bonds. The van der Waals surface area contributed by atoms with E-state index >= 15 is 0 Å². The minimum absolute atomic E-state index is 0.315. The van der Waals surface area contributed by atoms with E-state index in [1.165, 1.54) is 18.3 Å². The summed E-state index contributed by atoms with van der Waals surface area (Å²) in [5.74, 6) is -0.666. The molecule has 0 saturated heterocycles. The van der Waals surface area contributed by atoms with Crippen LogP contribution >= 0.6 is 11.3 Å². The summed E-state index contributed by atoms with van der Waals surface area (Å²) in [5, 5.41) is 4.56. The zero-order chi connectivity index (χ0) is 17.9. The molecule has 0 radical (unpaired) electrons. The van der Waals surface area contributed by atoms with Crippen LogP contribution in [0.1, 0.15) is 18.1 Å². The highest BCUT2D eigenvalue weighted by molar-refractivity contribution is 7.14. The Morgan fingerprint density at radius 1 is 1.33 bits per heavy atom. The van der Waals surface area contributed by atoms with E-state index in [1.807, 2.05) is 32.0 Å². The molecule has 1 heterocycles. The van der Waals surface area contributed by atoms with Crippen LogP contribution in [0.5, 0.6) is 0 Å². The van der Waals surface area contributed by atoms with Crippen LogP contribution in [0.25, 0.3) is 11.3 Å². The number of anilines is 1. The Bertz CT molecular complexity index is 728. The van der Waals surface area contributed by atoms with Crippen molar-refractivity contribution < 1.29 is 22.7 Å². The van der Waals surface area contributed by atoms with E-state index in [0.717, 1.165) is 16.7 Å². The van der Waals surface area contributed by atoms with Crippen molar-refractivity contribution in [3.63, 3.8) is 0 Å². The van der Waals surface area contributed by atoms with Gasteiger partial charge in [0.25, 0.3) is 5.91 Å². The van der Waals surface area contributed by atoms with Gasteiger partial charge < -0.3 is 4.74 Å². The summed E-state index contributed by atoms with van der Waals surface area (Å²) in [5.41, 5.74) is 3.90. The van der Waals surface area contributed by atoms with Crippen molar-refractivity contribution in [2.24, 2.45) is 0 Å². The standard InChI is InChI=1S/C16H17F3N2O2S/c1-9-4-5-12(6-10(9)2)13-7-24-15(20-13)21-14(22)11(3)23-8-16(17,18)19/h4-7,11H,8H2,1-3H3,(H,20,21,22). The number of nitrogens with one attached hydrogen (secondary N) is 1. The summed E-state index contributed by atoms with van der Waals surface area (Å²) >= 11 is 1.20. The summed E-state index contributed by atoms with van der Waals surface area (Å²) < 4.78 is 40.8. The largest absolute Gasteiger partial charge is 0.411 e. The first kappa shape index (κ1) is 18.4. The van der Waals surface area contributed by atoms with Gasteiger partial charge in [-0.3, -0.25) is 10.1 Å². The maximum Gasteiger partial charge on any atom is 0.411 e. The Morgan fingerprint density at radius 3 is 2.67 bits per heavy atom. The molecule has 0 bridgehead atoms. The molecule has 1 aromatic carbocycles. The predicted molar refractivity (Wildman–Crippen MR) is 87.1 cm³/mol. The number of ether oxygens (including phenoxy) is 1. The Labute approximate surface area is 141 Å². The second-order valence-corrected chi connectivity index (χ2v) is 6.25. The van der Waals surface area contributed by atoms with E-state index in [-0.39, 0.29) is 0 Å². The third kappa shape index (κ3) is 5.04. The van der Waals surface area contributed by atoms with Crippen LogP contribution in [0.2, 0.25) is 0 Å². The van der Waals surface area contributed by atoms with Crippen LogP contribution in [0.4, 0.5) is 18.3 Å². The predicted octanol–water partition coefficient (Wildman–Crippen LogP) is 4.33. The third-order valence-electron chi connectivity index (χ3n) is 3.40. The van der Waals surface area contributed by atoms with Crippen molar-refractivity contribution in [2.75, 3.05) is 11.9 Å². The monoisotopic (exact) mass is 358 g/mol. The van der Waals surface area contributed by atoms with Crippen molar-refractivity contribution in [3.05, 3.63) is 34.7 Å². The lowest BCUT2D eigenvalue weighted by Crippen LogP contribution is -2.31. The molecule has 130 valence electrons. The topological polar surface area (TPSA) is 51.2 Å². The average Bonchev–Trinajstić information content (AvgIpc) is 2.95. The minimum Gasteiger partial charge on any atom is -0.359 e. The van der Waals surface area contributed by atoms with Gasteiger partial charge in [0.15, 0.2) is 5.13 Å². The molecular weight excluding hydrogens is 341 g/mol. The second-order valence-electron chi connectivity index (χ2n) is 5.39. The smallest absolute Gasteiger partial charge is 0.359 e. The van der Waals surface area contributed by atoms with Crippen molar-refractivity contribution >= 4 is 22.4 Å². The summed E-state index contributed by atoms with van der Waals surface area (Å²) in [4.78, 5) is 16.1. The minimum atomic E-state index is -4.47. The molecule has 0 aliphatic heterocycles. The van der Waals surface area contributed by atoms with E-state index in [0.29, 0.717) is 10.8 Å². The molecule has 0 fully saturated rings. The number of rotatable bonds is 5. The Balaban J connectivity index is 2.00. The number of benzene rings is 1. The first-order valence-corrected chi connectivity index (χ1v) is 8.06. The fourth-order valence-electron chi connectivity index (χ4n) is 1.87. The van der Waals surface area contributed by atoms with Gasteiger partial charge in [0.05, 0.1) is 5.69 Å². The van der Waals surface area contributed by atoms with Crippen molar-refractivity contribution in [1.29, 1.82) is 0 Å². The van der Waals surface area contributed by atoms with Crippen LogP contribution in [0.15, 0.2) is 23.6 Å². The molecule has 24 heavy (non-hydrogen) atoms. The summed E-state index contributed by atoms with van der Waals surface area (Å²) in [7, 11) is 0. The number of carbonyl (C=O) groups is 1. The lowest BCUT2D eigenvalue weighted by Gasteiger charge is -2.13. The van der Waals surface area contributed by atoms with E-state index in [1.54, 1.807) is 5.38 Å². The summed E-state index contributed by atoms with van der Waals surface area (Å²) in [6.07, 6.45) is -5.69. The van der Waals surface area contributed by atoms with Crippen molar-refractivity contribution in [2.45, 2.75) is 33.1 Å². The molecular formula is C16H17F3N2O2S. The number of alkyl halides is 3. The third-order valence-corrected chi connectivity index (χ3v) is 4.16. The SMILES string of the molecule is Cc1ccc(-c2csc(NC(=O)C(C)OCC(F)(F)F)n2)cc1C. The lowest BCUT2D eigenvalue weighted by molar-refractivity contribution is -0.184. The van der Waals surface area contributed by atoms with Gasteiger partial charge in [-0.25, -0.2) is 4.98 Å². The van der Waals surface area contributed by atoms with Crippen LogP contribution in [-0.4, -0.2) is 29.8 Å². The van der Waals surface area contributed by atoms with Gasteiger partial charge in [-0.2, -0.15) is 13.2 Å². The van der Waals surface area contributed by atoms with Crippen LogP contribution in [0, 0.1) is 13.8 Å². The average molecular weight is 358 g/mol. The van der Waals surface area contributed by atoms with Gasteiger partial charge in [-0.15, -0.1) is 11.3 Å². The number of thiazole rings is 1. The molecule has 4 nitrogen and oxygen atoms in total. The Morgan fingerprint density at radius 2 is 2.04 bits per heavy atom. The van der Waals surface area contributed by atoms with Crippen LogP contribution < -0.4 is 5.32 Å². The molecule has 1 N–H and O–H groups in total. The maximum absolute atomic E-state index is 12.1. The first-order valence-electron chi connectivity index (χ1n) is 7.18. The summed E-state index contributed by atoms with van der Waals surface area (Å²) in [6, 6.07) is 5.90. The molecule has 8 heteroatoms. The molecule has 1 unspecified atom stereocenters. The van der Waals surface area contributed by atoms with E-state index in [2.05, 4.69) is 15.0 Å². The molecule has 0 spiro atoms. The van der Waals surface area contributed by atoms with Gasteiger partial charge >= 0.3 is 6.18 Å². The van der Waals surface area contributed by atoms with Crippen molar-refractivity contribution in [1.82, 2.24) is 4.98 Å². The van der Waals surface area contributed by atoms with E-state index < -0.39 is 24.8 Å². The zero-order valence-corrected chi connectivity index (χ0v) is 14.2. The first-order chi connectivity index (χ1) is 11.2. The fourth-order valence-corrected chi connectivity index (χ4v) is 2.59. The Hall–Kier alpha value is -1.93. The van der Waals surface area contributed by atoms with Gasteiger partial charge in [-0.1, -0.05) is 12.1 Å². The molecule has 0 saturated carbocycles. The molecule has 2 aromatic rings. The second kappa shape index (κ2) is 7.31. The van der Waals surface area contributed by atoms with E-state index in [4.69, 9.17) is 0 Å².